The first-order chi connectivity index (χ1) is 28.3. The van der Waals surface area contributed by atoms with Crippen LogP contribution in [0.15, 0.2) is 90.1 Å². The Morgan fingerprint density at radius 3 is 2.53 bits per heavy atom. The third-order valence-corrected chi connectivity index (χ3v) is 11.4. The fourth-order valence-corrected chi connectivity index (χ4v) is 9.01. The number of halogens is 1. The normalized spacial score (nSPS) is 23.9. The summed E-state index contributed by atoms with van der Waals surface area (Å²) in [6, 6.07) is 17.0. The molecule has 1 amide bonds. The van der Waals surface area contributed by atoms with Gasteiger partial charge in [-0.25, -0.2) is 9.18 Å². The first kappa shape index (κ1) is 42.8. The van der Waals surface area contributed by atoms with E-state index in [2.05, 4.69) is 23.7 Å². The first-order valence-electron chi connectivity index (χ1n) is 20.7. The lowest BCUT2D eigenvalue weighted by Gasteiger charge is -2.59. The van der Waals surface area contributed by atoms with Gasteiger partial charge in [-0.15, -0.1) is 6.58 Å². The Kier molecular flexibility index (Phi) is 15.0. The van der Waals surface area contributed by atoms with E-state index >= 15 is 0 Å². The lowest BCUT2D eigenvalue weighted by Crippen LogP contribution is -2.70. The number of benzene rings is 2. The molecule has 0 spiro atoms. The van der Waals surface area contributed by atoms with Crippen molar-refractivity contribution in [2.45, 2.75) is 96.6 Å². The Hall–Kier alpha value is -4.78. The molecule has 6 atom stereocenters. The third kappa shape index (κ3) is 9.56. The summed E-state index contributed by atoms with van der Waals surface area (Å²) in [6.45, 7) is 10.7. The summed E-state index contributed by atoms with van der Waals surface area (Å²) in [7, 11) is 0. The first-order valence-corrected chi connectivity index (χ1v) is 20.7. The summed E-state index contributed by atoms with van der Waals surface area (Å²) in [4.78, 5) is 26.3. The number of allylic oxidation sites excluding steroid dienone is 1. The number of aromatic nitrogens is 1. The van der Waals surface area contributed by atoms with Crippen molar-refractivity contribution in [3.05, 3.63) is 113 Å². The highest BCUT2D eigenvalue weighted by Crippen LogP contribution is 2.62. The largest absolute Gasteiger partial charge is 0.487 e. The van der Waals surface area contributed by atoms with Crippen molar-refractivity contribution in [3.63, 3.8) is 0 Å². The number of hydrogen-bond acceptors (Lipinski definition) is 10. The fraction of sp³-hybridized carbons (Fsp3) is 0.500. The number of rotatable bonds is 20. The van der Waals surface area contributed by atoms with E-state index in [0.29, 0.717) is 42.2 Å². The van der Waals surface area contributed by atoms with Crippen molar-refractivity contribution >= 4 is 11.8 Å². The molecule has 3 aliphatic rings. The predicted molar refractivity (Wildman–Crippen MR) is 219 cm³/mol. The number of oxime groups is 1. The number of fused-ring (bicyclic) bond motifs is 2. The van der Waals surface area contributed by atoms with Gasteiger partial charge in [0.15, 0.2) is 0 Å². The molecule has 0 saturated heterocycles. The number of carbonyl (C=O) groups excluding carboxylic acids is 1. The van der Waals surface area contributed by atoms with Crippen molar-refractivity contribution in [2.75, 3.05) is 33.0 Å². The van der Waals surface area contributed by atoms with Gasteiger partial charge in [0.05, 0.1) is 30.5 Å². The summed E-state index contributed by atoms with van der Waals surface area (Å²) in [5, 5.41) is 24.5. The summed E-state index contributed by atoms with van der Waals surface area (Å²) in [6.07, 6.45) is 8.18. The van der Waals surface area contributed by atoms with Crippen molar-refractivity contribution in [1.29, 1.82) is 0 Å². The lowest BCUT2D eigenvalue weighted by atomic mass is 9.55. The maximum Gasteiger partial charge on any atom is 0.410 e. The van der Waals surface area contributed by atoms with Crippen LogP contribution >= 0.6 is 0 Å². The molecular formula is C46H58FN3O8. The molecule has 2 aliphatic carbocycles. The highest BCUT2D eigenvalue weighted by Gasteiger charge is 2.65. The van der Waals surface area contributed by atoms with E-state index in [0.717, 1.165) is 48.2 Å². The molecule has 2 N–H and O–H groups in total. The van der Waals surface area contributed by atoms with E-state index in [1.165, 1.54) is 12.1 Å². The number of ether oxygens (including phenoxy) is 4. The van der Waals surface area contributed by atoms with Gasteiger partial charge in [-0.05, 0) is 112 Å². The van der Waals surface area contributed by atoms with E-state index in [-0.39, 0.29) is 69.6 Å². The Balaban J connectivity index is 1.57. The molecule has 1 fully saturated rings. The number of aliphatic hydroxyl groups excluding tert-OH is 2. The van der Waals surface area contributed by atoms with Crippen molar-refractivity contribution in [1.82, 2.24) is 9.88 Å². The number of aliphatic hydroxyl groups is 2. The van der Waals surface area contributed by atoms with Crippen LogP contribution in [0.4, 0.5) is 9.18 Å². The van der Waals surface area contributed by atoms with E-state index in [1.54, 1.807) is 30.0 Å². The molecule has 1 saturated carbocycles. The number of aryl methyl sites for hydroxylation is 1. The highest BCUT2D eigenvalue weighted by atomic mass is 19.1. The Morgan fingerprint density at radius 1 is 1.05 bits per heavy atom. The van der Waals surface area contributed by atoms with Gasteiger partial charge in [-0.3, -0.25) is 9.88 Å². The zero-order valence-electron chi connectivity index (χ0n) is 34.0. The van der Waals surface area contributed by atoms with E-state index in [4.69, 9.17) is 28.9 Å². The molecule has 1 aliphatic heterocycles. The number of unbranched alkanes of at least 4 members (excludes halogenated alkanes) is 2. The van der Waals surface area contributed by atoms with Gasteiger partial charge >= 0.3 is 6.09 Å². The van der Waals surface area contributed by atoms with Crippen LogP contribution in [0.5, 0.6) is 11.5 Å². The Morgan fingerprint density at radius 2 is 1.83 bits per heavy atom. The second-order valence-electron chi connectivity index (χ2n) is 15.2. The fourth-order valence-electron chi connectivity index (χ4n) is 9.01. The summed E-state index contributed by atoms with van der Waals surface area (Å²) >= 11 is 0. The molecule has 11 nitrogen and oxygen atoms in total. The molecule has 6 rings (SSSR count). The van der Waals surface area contributed by atoms with Gasteiger partial charge < -0.3 is 34.0 Å². The van der Waals surface area contributed by atoms with Crippen LogP contribution in [0.2, 0.25) is 0 Å². The van der Waals surface area contributed by atoms with Crippen LogP contribution in [0, 0.1) is 30.5 Å². The van der Waals surface area contributed by atoms with Crippen molar-refractivity contribution < 1.29 is 43.2 Å². The average molecular weight is 800 g/mol. The molecule has 2 aromatic carbocycles. The number of carbonyl (C=O) groups is 1. The van der Waals surface area contributed by atoms with Crippen molar-refractivity contribution in [2.24, 2.45) is 22.9 Å². The lowest BCUT2D eigenvalue weighted by molar-refractivity contribution is -0.256. The van der Waals surface area contributed by atoms with Gasteiger partial charge in [0, 0.05) is 43.4 Å². The van der Waals surface area contributed by atoms with Crippen LogP contribution in [0.1, 0.15) is 87.2 Å². The van der Waals surface area contributed by atoms with Crippen LogP contribution < -0.4 is 9.47 Å². The number of hydrogen-bond donors (Lipinski definition) is 2. The quantitative estimate of drug-likeness (QED) is 0.0657. The van der Waals surface area contributed by atoms with Crippen LogP contribution in [-0.4, -0.2) is 76.8 Å². The van der Waals surface area contributed by atoms with Gasteiger partial charge in [-0.2, -0.15) is 0 Å². The second-order valence-corrected chi connectivity index (χ2v) is 15.2. The van der Waals surface area contributed by atoms with Gasteiger partial charge in [-0.1, -0.05) is 48.3 Å². The van der Waals surface area contributed by atoms with Gasteiger partial charge in [0.1, 0.15) is 36.6 Å². The standard InChI is InChI=1S/C46H58FN3O8/c1-5-25-56-46-42(50(45(53)54-6-2)29-32-17-19-34(47)20-18-32)28-40(49-57-7-3)38-26-33(14-8-10-23-51)37(16-9-11-24-52)43(44(38)46)39-27-36(21-22-41(39)58-46)55-30-35-15-12-13-31(4)48-35/h5,12-13,15,17-22,26-27,33,37,42-44,51-52H,1,6-11,14,16,23-25,28-30H2,2-4H3. The molecule has 2 heterocycles. The SMILES string of the molecule is C=CCOC12Oc3ccc(OCc4cccc(C)n4)cc3C3C(CCCCO)C(CCCCO)C=C(C(=NOCC)CC1N(Cc1ccc(F)cc1)C(=O)OCC)C32. The number of nitrogens with zero attached hydrogens (tertiary/aromatic N) is 3. The monoisotopic (exact) mass is 799 g/mol. The van der Waals surface area contributed by atoms with Crippen LogP contribution in [0.3, 0.4) is 0 Å². The molecule has 12 heteroatoms. The summed E-state index contributed by atoms with van der Waals surface area (Å²) < 4.78 is 40.6. The van der Waals surface area contributed by atoms with Gasteiger partial charge in [0.2, 0.25) is 5.79 Å². The minimum absolute atomic E-state index is 0.0438. The molecule has 0 bridgehead atoms. The minimum Gasteiger partial charge on any atom is -0.487 e. The smallest absolute Gasteiger partial charge is 0.410 e. The van der Waals surface area contributed by atoms with Crippen LogP contribution in [-0.2, 0) is 27.5 Å². The Bertz CT molecular complexity index is 1900. The van der Waals surface area contributed by atoms with E-state index in [9.17, 15) is 19.4 Å². The minimum atomic E-state index is -1.46. The molecule has 3 aromatic rings. The summed E-state index contributed by atoms with van der Waals surface area (Å²) in [5.41, 5.74) is 4.97. The zero-order chi connectivity index (χ0) is 41.1. The number of amides is 1. The average Bonchev–Trinajstić information content (AvgIpc) is 3.22. The topological polar surface area (TPSA) is 132 Å². The van der Waals surface area contributed by atoms with Crippen molar-refractivity contribution in [3.8, 4) is 11.5 Å². The highest BCUT2D eigenvalue weighted by molar-refractivity contribution is 6.03. The molecular weight excluding hydrogens is 742 g/mol. The Labute approximate surface area is 341 Å². The van der Waals surface area contributed by atoms with Gasteiger partial charge in [0.25, 0.3) is 0 Å². The maximum atomic E-state index is 14.3. The zero-order valence-corrected chi connectivity index (χ0v) is 34.0. The molecule has 1 aromatic heterocycles. The summed E-state index contributed by atoms with van der Waals surface area (Å²) in [5.74, 6) is -1.18. The van der Waals surface area contributed by atoms with E-state index in [1.807, 2.05) is 44.2 Å². The predicted octanol–water partition coefficient (Wildman–Crippen LogP) is 8.42. The van der Waals surface area contributed by atoms with E-state index < -0.39 is 23.8 Å². The number of pyridine rings is 1. The molecule has 0 radical (unpaired) electrons. The molecule has 6 unspecified atom stereocenters. The third-order valence-electron chi connectivity index (χ3n) is 11.4. The second kappa shape index (κ2) is 20.3. The molecule has 58 heavy (non-hydrogen) atoms. The molecule has 312 valence electrons. The maximum absolute atomic E-state index is 14.3. The van der Waals surface area contributed by atoms with Crippen LogP contribution in [0.25, 0.3) is 0 Å².